The molecular formula is C61H49NO. The minimum atomic E-state index is -0.111. The number of anilines is 3. The molecule has 15 rings (SSSR count). The van der Waals surface area contributed by atoms with E-state index in [0.29, 0.717) is 11.8 Å². The van der Waals surface area contributed by atoms with Crippen molar-refractivity contribution in [3.63, 3.8) is 0 Å². The van der Waals surface area contributed by atoms with Crippen molar-refractivity contribution in [3.05, 3.63) is 198 Å². The molecule has 0 N–H and O–H groups in total. The van der Waals surface area contributed by atoms with Gasteiger partial charge in [-0.1, -0.05) is 147 Å². The van der Waals surface area contributed by atoms with E-state index < -0.39 is 0 Å². The summed E-state index contributed by atoms with van der Waals surface area (Å²) in [5.74, 6) is 3.24. The minimum absolute atomic E-state index is 0.0966. The number of hydrogen-bond acceptors (Lipinski definition) is 2. The van der Waals surface area contributed by atoms with Gasteiger partial charge in [-0.3, -0.25) is 0 Å². The normalized spacial score (nSPS) is 23.0. The Morgan fingerprint density at radius 2 is 1.03 bits per heavy atom. The zero-order chi connectivity index (χ0) is 41.6. The van der Waals surface area contributed by atoms with Crippen molar-refractivity contribution >= 4 is 39.0 Å². The molecule has 4 bridgehead atoms. The van der Waals surface area contributed by atoms with Crippen LogP contribution >= 0.6 is 0 Å². The lowest BCUT2D eigenvalue weighted by Gasteiger charge is -2.61. The molecular weight excluding hydrogens is 763 g/mol. The van der Waals surface area contributed by atoms with Gasteiger partial charge in [-0.2, -0.15) is 0 Å². The van der Waals surface area contributed by atoms with Gasteiger partial charge in [0, 0.05) is 38.5 Å². The summed E-state index contributed by atoms with van der Waals surface area (Å²) in [4.78, 5) is 2.60. The number of furan rings is 1. The van der Waals surface area contributed by atoms with Crippen LogP contribution in [0.3, 0.4) is 0 Å². The summed E-state index contributed by atoms with van der Waals surface area (Å²) in [6.07, 6.45) is 6.97. The molecule has 2 heteroatoms. The van der Waals surface area contributed by atoms with E-state index in [1.165, 1.54) is 110 Å². The molecule has 6 aliphatic rings. The molecule has 63 heavy (non-hydrogen) atoms. The number of nitrogens with zero attached hydrogens (tertiary/aromatic N) is 1. The van der Waals surface area contributed by atoms with Crippen molar-refractivity contribution in [3.8, 4) is 44.5 Å². The SMILES string of the molecule is CC1(C)c2ccccc2-c2ccc(N(c3ccc(-c4ccccc4-c4cccc5oc6ccccc6c45)cc3)c3cccc4c3-c3ccccc3C43C4CC5CC(C4)CC3C5)cc21. The van der Waals surface area contributed by atoms with Gasteiger partial charge in [0.2, 0.25) is 0 Å². The molecule has 4 fully saturated rings. The maximum absolute atomic E-state index is 6.36. The van der Waals surface area contributed by atoms with Crippen LogP contribution < -0.4 is 4.90 Å². The van der Waals surface area contributed by atoms with Gasteiger partial charge in [0.05, 0.1) is 5.69 Å². The van der Waals surface area contributed by atoms with Crippen molar-refractivity contribution in [2.75, 3.05) is 4.90 Å². The quantitative estimate of drug-likeness (QED) is 0.172. The van der Waals surface area contributed by atoms with Gasteiger partial charge in [-0.15, -0.1) is 0 Å². The fourth-order valence-corrected chi connectivity index (χ4v) is 14.4. The summed E-state index contributed by atoms with van der Waals surface area (Å²) < 4.78 is 6.36. The molecule has 2 nitrogen and oxygen atoms in total. The molecule has 1 heterocycles. The van der Waals surface area contributed by atoms with Crippen molar-refractivity contribution in [1.29, 1.82) is 0 Å². The van der Waals surface area contributed by atoms with E-state index in [0.717, 1.165) is 28.4 Å². The van der Waals surface area contributed by atoms with Crippen molar-refractivity contribution in [2.24, 2.45) is 23.7 Å². The van der Waals surface area contributed by atoms with Crippen LogP contribution in [-0.4, -0.2) is 0 Å². The van der Waals surface area contributed by atoms with Gasteiger partial charge in [0.25, 0.3) is 0 Å². The minimum Gasteiger partial charge on any atom is -0.456 e. The molecule has 0 saturated heterocycles. The molecule has 0 aliphatic heterocycles. The van der Waals surface area contributed by atoms with Crippen LogP contribution in [0, 0.1) is 23.7 Å². The third-order valence-corrected chi connectivity index (χ3v) is 16.7. The Bertz CT molecular complexity index is 3320. The van der Waals surface area contributed by atoms with E-state index in [-0.39, 0.29) is 10.8 Å². The molecule has 9 aromatic rings. The lowest BCUT2D eigenvalue weighted by atomic mass is 9.43. The summed E-state index contributed by atoms with van der Waals surface area (Å²) in [7, 11) is 0. The van der Waals surface area contributed by atoms with E-state index in [1.54, 1.807) is 11.1 Å². The Morgan fingerprint density at radius 1 is 0.444 bits per heavy atom. The Balaban J connectivity index is 0.958. The molecule has 0 radical (unpaired) electrons. The largest absolute Gasteiger partial charge is 0.456 e. The highest BCUT2D eigenvalue weighted by Gasteiger charge is 2.62. The lowest BCUT2D eigenvalue weighted by Crippen LogP contribution is -2.55. The topological polar surface area (TPSA) is 16.4 Å². The number of fused-ring (bicyclic) bond motifs is 9. The first-order chi connectivity index (χ1) is 31.0. The summed E-state index contributed by atoms with van der Waals surface area (Å²) >= 11 is 0. The standard InChI is InChI=1S/C61H49NO/c1-60(2)51-19-8-5-15-46(51)47-30-29-43(36-54(47)60)62(55-22-12-21-53-59(55)49-16-6-9-20-52(49)61(53)40-32-37-31-38(34-40)35-41(61)33-37)42-27-25-39(26-28-42)44-13-3-4-14-45(44)48-18-11-24-57-58(48)50-17-7-10-23-56(50)63-57/h3-30,36-38,40-41H,31-35H2,1-2H3. The summed E-state index contributed by atoms with van der Waals surface area (Å²) in [6, 6.07) is 66.4. The van der Waals surface area contributed by atoms with Crippen molar-refractivity contribution in [2.45, 2.75) is 56.8 Å². The highest BCUT2D eigenvalue weighted by molar-refractivity contribution is 6.13. The van der Waals surface area contributed by atoms with Crippen LogP contribution in [-0.2, 0) is 10.8 Å². The molecule has 1 aromatic heterocycles. The van der Waals surface area contributed by atoms with Crippen LogP contribution in [0.5, 0.6) is 0 Å². The second-order valence-electron chi connectivity index (χ2n) is 20.0. The zero-order valence-electron chi connectivity index (χ0n) is 35.9. The second kappa shape index (κ2) is 13.0. The fraction of sp³-hybridized carbons (Fsp3) is 0.213. The third-order valence-electron chi connectivity index (χ3n) is 16.7. The van der Waals surface area contributed by atoms with E-state index in [1.807, 2.05) is 0 Å². The van der Waals surface area contributed by atoms with E-state index >= 15 is 0 Å². The Kier molecular flexibility index (Phi) is 7.38. The highest BCUT2D eigenvalue weighted by Crippen LogP contribution is 2.70. The van der Waals surface area contributed by atoms with Crippen molar-refractivity contribution < 1.29 is 4.42 Å². The summed E-state index contributed by atoms with van der Waals surface area (Å²) in [5, 5.41) is 2.32. The van der Waals surface area contributed by atoms with E-state index in [4.69, 9.17) is 4.42 Å². The number of rotatable bonds is 5. The average Bonchev–Trinajstić information content (AvgIpc) is 3.93. The monoisotopic (exact) mass is 811 g/mol. The van der Waals surface area contributed by atoms with Gasteiger partial charge < -0.3 is 9.32 Å². The third kappa shape index (κ3) is 4.85. The van der Waals surface area contributed by atoms with Gasteiger partial charge in [0.15, 0.2) is 0 Å². The van der Waals surface area contributed by atoms with Crippen LogP contribution in [0.1, 0.15) is 68.2 Å². The van der Waals surface area contributed by atoms with Crippen LogP contribution in [0.4, 0.5) is 17.1 Å². The van der Waals surface area contributed by atoms with Gasteiger partial charge in [-0.05, 0) is 159 Å². The smallest absolute Gasteiger partial charge is 0.136 e. The van der Waals surface area contributed by atoms with Gasteiger partial charge in [0.1, 0.15) is 11.2 Å². The summed E-state index contributed by atoms with van der Waals surface area (Å²) in [6.45, 7) is 4.80. The fourth-order valence-electron chi connectivity index (χ4n) is 14.4. The molecule has 304 valence electrons. The van der Waals surface area contributed by atoms with Gasteiger partial charge >= 0.3 is 0 Å². The first kappa shape index (κ1) is 35.9. The Morgan fingerprint density at radius 3 is 1.83 bits per heavy atom. The lowest BCUT2D eigenvalue weighted by molar-refractivity contribution is -0.0399. The first-order valence-corrected chi connectivity index (χ1v) is 23.3. The molecule has 0 amide bonds. The van der Waals surface area contributed by atoms with Gasteiger partial charge in [-0.25, -0.2) is 0 Å². The Hall–Kier alpha value is -6.64. The molecule has 0 atom stereocenters. The molecule has 6 aliphatic carbocycles. The highest BCUT2D eigenvalue weighted by atomic mass is 16.3. The maximum Gasteiger partial charge on any atom is 0.136 e. The predicted molar refractivity (Wildman–Crippen MR) is 260 cm³/mol. The molecule has 8 aromatic carbocycles. The Labute approximate surface area is 369 Å². The van der Waals surface area contributed by atoms with Crippen LogP contribution in [0.2, 0.25) is 0 Å². The average molecular weight is 812 g/mol. The maximum atomic E-state index is 6.36. The number of para-hydroxylation sites is 1. The predicted octanol–water partition coefficient (Wildman–Crippen LogP) is 16.4. The molecule has 0 unspecified atom stereocenters. The van der Waals surface area contributed by atoms with E-state index in [9.17, 15) is 0 Å². The number of benzene rings is 8. The first-order valence-electron chi connectivity index (χ1n) is 23.3. The summed E-state index contributed by atoms with van der Waals surface area (Å²) in [5.41, 5.74) is 21.9. The van der Waals surface area contributed by atoms with Crippen LogP contribution in [0.15, 0.2) is 180 Å². The van der Waals surface area contributed by atoms with Crippen molar-refractivity contribution in [1.82, 2.24) is 0 Å². The second-order valence-corrected chi connectivity index (χ2v) is 20.0. The molecule has 1 spiro atoms. The zero-order valence-corrected chi connectivity index (χ0v) is 35.9. The molecule has 4 saturated carbocycles. The van der Waals surface area contributed by atoms with E-state index in [2.05, 4.69) is 195 Å². The number of hydrogen-bond donors (Lipinski definition) is 0. The van der Waals surface area contributed by atoms with Crippen LogP contribution in [0.25, 0.3) is 66.4 Å².